The number of carbonyl (C=O) groups is 1. The van der Waals surface area contributed by atoms with E-state index in [1.165, 1.54) is 24.9 Å². The van der Waals surface area contributed by atoms with E-state index in [9.17, 15) is 9.18 Å². The fourth-order valence-electron chi connectivity index (χ4n) is 2.26. The molecule has 0 aliphatic carbocycles. The molecule has 7 heteroatoms. The quantitative estimate of drug-likeness (QED) is 0.867. The lowest BCUT2D eigenvalue weighted by Gasteiger charge is -2.26. The highest BCUT2D eigenvalue weighted by Crippen LogP contribution is 2.37. The van der Waals surface area contributed by atoms with Crippen molar-refractivity contribution in [3.63, 3.8) is 0 Å². The largest absolute Gasteiger partial charge is 0.380 e. The first-order chi connectivity index (χ1) is 9.65. The van der Waals surface area contributed by atoms with Crippen molar-refractivity contribution in [1.82, 2.24) is 5.32 Å². The van der Waals surface area contributed by atoms with E-state index in [1.54, 1.807) is 6.07 Å². The Labute approximate surface area is 134 Å². The highest BCUT2D eigenvalue weighted by Gasteiger charge is 2.25. The number of methoxy groups -OCH3 is 1. The third-order valence-electron chi connectivity index (χ3n) is 3.37. The Morgan fingerprint density at radius 2 is 2.38 bits per heavy atom. The molecule has 0 fully saturated rings. The average Bonchev–Trinajstić information content (AvgIpc) is 2.46. The van der Waals surface area contributed by atoms with Gasteiger partial charge in [0.15, 0.2) is 0 Å². The second-order valence-corrected chi connectivity index (χ2v) is 5.82. The number of hydrogen-bond acceptors (Lipinski definition) is 4. The maximum Gasteiger partial charge on any atom is 0.223 e. The molecule has 3 N–H and O–H groups in total. The zero-order valence-corrected chi connectivity index (χ0v) is 13.4. The average molecular weight is 335 g/mol. The number of ether oxygens (including phenoxy) is 1. The number of carbonyl (C=O) groups excluding carboxylic acids is 1. The van der Waals surface area contributed by atoms with E-state index in [-0.39, 0.29) is 42.7 Å². The monoisotopic (exact) mass is 334 g/mol. The maximum atomic E-state index is 13.7. The van der Waals surface area contributed by atoms with Gasteiger partial charge in [-0.15, -0.1) is 24.2 Å². The minimum atomic E-state index is -0.278. The Morgan fingerprint density at radius 1 is 1.62 bits per heavy atom. The van der Waals surface area contributed by atoms with Gasteiger partial charge >= 0.3 is 0 Å². The SMILES string of the molecule is COC(CN)CC(=O)NC1CCSc2c(F)cccc21.Cl. The van der Waals surface area contributed by atoms with Crippen molar-refractivity contribution in [3.8, 4) is 0 Å². The van der Waals surface area contributed by atoms with Gasteiger partial charge in [-0.25, -0.2) is 4.39 Å². The van der Waals surface area contributed by atoms with Crippen LogP contribution in [0.25, 0.3) is 0 Å². The van der Waals surface area contributed by atoms with Crippen molar-refractivity contribution in [1.29, 1.82) is 0 Å². The Kier molecular flexibility index (Phi) is 7.45. The maximum absolute atomic E-state index is 13.7. The van der Waals surface area contributed by atoms with Crippen molar-refractivity contribution < 1.29 is 13.9 Å². The van der Waals surface area contributed by atoms with E-state index >= 15 is 0 Å². The molecule has 2 atom stereocenters. The van der Waals surface area contributed by atoms with E-state index in [1.807, 2.05) is 6.07 Å². The smallest absolute Gasteiger partial charge is 0.223 e. The van der Waals surface area contributed by atoms with Gasteiger partial charge in [0, 0.05) is 24.3 Å². The molecule has 0 saturated heterocycles. The lowest BCUT2D eigenvalue weighted by Crippen LogP contribution is -2.35. The predicted molar refractivity (Wildman–Crippen MR) is 84.3 cm³/mol. The van der Waals surface area contributed by atoms with Gasteiger partial charge in [-0.2, -0.15) is 0 Å². The topological polar surface area (TPSA) is 64.3 Å². The van der Waals surface area contributed by atoms with Crippen molar-refractivity contribution in [2.24, 2.45) is 5.73 Å². The van der Waals surface area contributed by atoms with Crippen molar-refractivity contribution in [2.75, 3.05) is 19.4 Å². The second kappa shape index (κ2) is 8.58. The molecule has 1 aromatic rings. The molecule has 0 spiro atoms. The molecule has 1 heterocycles. The summed E-state index contributed by atoms with van der Waals surface area (Å²) in [5.74, 6) is 0.460. The molecule has 1 aliphatic rings. The van der Waals surface area contributed by atoms with Crippen LogP contribution in [0, 0.1) is 5.82 Å². The number of rotatable bonds is 5. The second-order valence-electron chi connectivity index (χ2n) is 4.71. The summed E-state index contributed by atoms with van der Waals surface area (Å²) in [6, 6.07) is 4.86. The van der Waals surface area contributed by atoms with Crippen LogP contribution in [0.3, 0.4) is 0 Å². The Morgan fingerprint density at radius 3 is 3.05 bits per heavy atom. The van der Waals surface area contributed by atoms with Crippen LogP contribution in [0.5, 0.6) is 0 Å². The zero-order valence-electron chi connectivity index (χ0n) is 11.8. The highest BCUT2D eigenvalue weighted by atomic mass is 35.5. The van der Waals surface area contributed by atoms with Crippen LogP contribution in [0.1, 0.15) is 24.4 Å². The van der Waals surface area contributed by atoms with E-state index in [2.05, 4.69) is 5.32 Å². The summed E-state index contributed by atoms with van der Waals surface area (Å²) >= 11 is 1.50. The fourth-order valence-corrected chi connectivity index (χ4v) is 3.40. The van der Waals surface area contributed by atoms with Gasteiger partial charge in [0.25, 0.3) is 0 Å². The van der Waals surface area contributed by atoms with Gasteiger partial charge in [-0.1, -0.05) is 12.1 Å². The summed E-state index contributed by atoms with van der Waals surface area (Å²) in [6.07, 6.45) is 0.744. The number of amides is 1. The van der Waals surface area contributed by atoms with Crippen LogP contribution in [0.15, 0.2) is 23.1 Å². The van der Waals surface area contributed by atoms with Crippen LogP contribution in [-0.2, 0) is 9.53 Å². The van der Waals surface area contributed by atoms with Gasteiger partial charge in [0.1, 0.15) is 5.82 Å². The van der Waals surface area contributed by atoms with Crippen molar-refractivity contribution in [2.45, 2.75) is 29.9 Å². The standard InChI is InChI=1S/C14H19FN2O2S.ClH/c1-19-9(8-16)7-13(18)17-12-5-6-20-14-10(12)3-2-4-11(14)15;/h2-4,9,12H,5-8,16H2,1H3,(H,17,18);1H. The Hall–Kier alpha value is -0.820. The molecule has 2 unspecified atom stereocenters. The first-order valence-electron chi connectivity index (χ1n) is 6.59. The number of halogens is 2. The molecule has 1 aliphatic heterocycles. The number of thioether (sulfide) groups is 1. The summed E-state index contributed by atoms with van der Waals surface area (Å²) < 4.78 is 18.8. The number of nitrogens with one attached hydrogen (secondary N) is 1. The number of nitrogens with two attached hydrogens (primary N) is 1. The third-order valence-corrected chi connectivity index (χ3v) is 4.53. The van der Waals surface area contributed by atoms with Crippen LogP contribution in [0.4, 0.5) is 4.39 Å². The lowest BCUT2D eigenvalue weighted by molar-refractivity contribution is -0.124. The number of benzene rings is 1. The summed E-state index contributed by atoms with van der Waals surface area (Å²) in [5.41, 5.74) is 6.36. The van der Waals surface area contributed by atoms with Gasteiger partial charge in [0.2, 0.25) is 5.91 Å². The minimum absolute atomic E-state index is 0. The number of fused-ring (bicyclic) bond motifs is 1. The third kappa shape index (κ3) is 4.57. The van der Waals surface area contributed by atoms with Gasteiger partial charge in [-0.05, 0) is 18.1 Å². The summed E-state index contributed by atoms with van der Waals surface area (Å²) in [5, 5.41) is 2.95. The number of hydrogen-bond donors (Lipinski definition) is 2. The Balaban J connectivity index is 0.00000220. The van der Waals surface area contributed by atoms with E-state index < -0.39 is 0 Å². The molecule has 4 nitrogen and oxygen atoms in total. The molecule has 118 valence electrons. The molecule has 0 radical (unpaired) electrons. The first kappa shape index (κ1) is 18.2. The predicted octanol–water partition coefficient (Wildman–Crippen LogP) is 2.26. The fraction of sp³-hybridized carbons (Fsp3) is 0.500. The van der Waals surface area contributed by atoms with Gasteiger partial charge in [0.05, 0.1) is 18.6 Å². The molecular weight excluding hydrogens is 315 g/mol. The van der Waals surface area contributed by atoms with Crippen molar-refractivity contribution in [3.05, 3.63) is 29.6 Å². The summed E-state index contributed by atoms with van der Waals surface area (Å²) in [7, 11) is 1.53. The first-order valence-corrected chi connectivity index (χ1v) is 7.57. The molecule has 0 bridgehead atoms. The zero-order chi connectivity index (χ0) is 14.5. The van der Waals surface area contributed by atoms with Gasteiger partial charge < -0.3 is 15.8 Å². The van der Waals surface area contributed by atoms with Crippen LogP contribution in [-0.4, -0.2) is 31.4 Å². The molecule has 1 amide bonds. The van der Waals surface area contributed by atoms with E-state index in [4.69, 9.17) is 10.5 Å². The summed E-state index contributed by atoms with van der Waals surface area (Å²) in [4.78, 5) is 12.6. The minimum Gasteiger partial charge on any atom is -0.380 e. The van der Waals surface area contributed by atoms with Gasteiger partial charge in [-0.3, -0.25) is 4.79 Å². The molecule has 0 saturated carbocycles. The molecule has 21 heavy (non-hydrogen) atoms. The molecular formula is C14H20ClFN2O2S. The highest BCUT2D eigenvalue weighted by molar-refractivity contribution is 7.99. The van der Waals surface area contributed by atoms with Crippen LogP contribution in [0.2, 0.25) is 0 Å². The normalized spacial score (nSPS) is 18.3. The van der Waals surface area contributed by atoms with Crippen molar-refractivity contribution >= 4 is 30.1 Å². The van der Waals surface area contributed by atoms with E-state index in [0.29, 0.717) is 11.4 Å². The van der Waals surface area contributed by atoms with Crippen LogP contribution >= 0.6 is 24.2 Å². The summed E-state index contributed by atoms with van der Waals surface area (Å²) in [6.45, 7) is 0.301. The van der Waals surface area contributed by atoms with E-state index in [0.717, 1.165) is 17.7 Å². The van der Waals surface area contributed by atoms with Crippen LogP contribution < -0.4 is 11.1 Å². The molecule has 1 aromatic carbocycles. The molecule has 0 aromatic heterocycles. The lowest BCUT2D eigenvalue weighted by atomic mass is 10.0. The molecule has 2 rings (SSSR count). The Bertz CT molecular complexity index is 486.